The highest BCUT2D eigenvalue weighted by atomic mass is 32.2. The number of alkyl halides is 3. The number of rotatable bonds is 1. The quantitative estimate of drug-likeness (QED) is 0.688. The van der Waals surface area contributed by atoms with Crippen molar-refractivity contribution in [2.45, 2.75) is 19.0 Å². The molecule has 1 saturated heterocycles. The van der Waals surface area contributed by atoms with Crippen LogP contribution >= 0.6 is 24.0 Å². The summed E-state index contributed by atoms with van der Waals surface area (Å²) in [5.41, 5.74) is -0.355. The van der Waals surface area contributed by atoms with Crippen LogP contribution in [0.1, 0.15) is 12.8 Å². The summed E-state index contributed by atoms with van der Waals surface area (Å²) in [5.74, 6) is -0.0315. The van der Waals surface area contributed by atoms with Crippen molar-refractivity contribution >= 4 is 34.2 Å². The second kappa shape index (κ2) is 4.45. The Hall–Kier alpha value is -0.820. The van der Waals surface area contributed by atoms with E-state index in [-0.39, 0.29) is 18.1 Å². The lowest BCUT2D eigenvalue weighted by Gasteiger charge is -2.22. The van der Waals surface area contributed by atoms with Gasteiger partial charge >= 0.3 is 6.18 Å². The van der Waals surface area contributed by atoms with Gasteiger partial charge in [-0.15, -0.1) is 0 Å². The molecular weight excluding hydrogens is 271 g/mol. The van der Waals surface area contributed by atoms with Gasteiger partial charge in [0.1, 0.15) is 4.32 Å². The van der Waals surface area contributed by atoms with E-state index in [0.717, 1.165) is 12.2 Å². The van der Waals surface area contributed by atoms with Crippen molar-refractivity contribution in [2.75, 3.05) is 5.75 Å². The Kier molecular flexibility index (Phi) is 3.31. The number of nitrogens with zero attached hydrogens (tertiary/aromatic N) is 1. The van der Waals surface area contributed by atoms with E-state index in [1.54, 1.807) is 0 Å². The Morgan fingerprint density at radius 1 is 1.41 bits per heavy atom. The minimum Gasteiger partial charge on any atom is -0.273 e. The molecular formula is C10H8F3NOS2. The van der Waals surface area contributed by atoms with Crippen LogP contribution in [0.5, 0.6) is 0 Å². The van der Waals surface area contributed by atoms with Crippen LogP contribution in [0, 0.1) is 0 Å². The minimum absolute atomic E-state index is 0.210. The molecule has 2 nitrogen and oxygen atoms in total. The molecule has 0 aromatic rings. The average molecular weight is 279 g/mol. The highest BCUT2D eigenvalue weighted by molar-refractivity contribution is 8.24. The first-order valence-corrected chi connectivity index (χ1v) is 6.26. The molecule has 7 heteroatoms. The molecule has 0 spiro atoms. The number of carbonyl (C=O) groups excluding carboxylic acids is 1. The highest BCUT2D eigenvalue weighted by Crippen LogP contribution is 2.35. The summed E-state index contributed by atoms with van der Waals surface area (Å²) in [6.45, 7) is 0. The standard InChI is InChI=1S/C10H8F3NOS2/c11-10(12,13)6-2-1-3-7(4-6)14-8(15)5-17-9(14)16/h2,4H,1,3,5H2. The molecule has 1 aliphatic carbocycles. The molecule has 0 bridgehead atoms. The van der Waals surface area contributed by atoms with Gasteiger partial charge in [-0.05, 0) is 18.9 Å². The number of allylic oxidation sites excluding steroid dienone is 4. The van der Waals surface area contributed by atoms with Crippen molar-refractivity contribution in [1.29, 1.82) is 0 Å². The molecule has 0 aromatic carbocycles. The molecule has 92 valence electrons. The first-order valence-electron chi connectivity index (χ1n) is 4.87. The van der Waals surface area contributed by atoms with Gasteiger partial charge in [-0.1, -0.05) is 30.1 Å². The molecule has 0 atom stereocenters. The largest absolute Gasteiger partial charge is 0.416 e. The lowest BCUT2D eigenvalue weighted by molar-refractivity contribution is -0.122. The Morgan fingerprint density at radius 2 is 2.12 bits per heavy atom. The van der Waals surface area contributed by atoms with Crippen LogP contribution in [-0.2, 0) is 4.79 Å². The van der Waals surface area contributed by atoms with E-state index in [1.165, 1.54) is 16.7 Å². The third kappa shape index (κ3) is 2.55. The third-order valence-electron chi connectivity index (χ3n) is 2.45. The second-order valence-electron chi connectivity index (χ2n) is 3.62. The van der Waals surface area contributed by atoms with E-state index >= 15 is 0 Å². The average Bonchev–Trinajstić information content (AvgIpc) is 2.57. The zero-order valence-electron chi connectivity index (χ0n) is 8.58. The molecule has 1 fully saturated rings. The van der Waals surface area contributed by atoms with Crippen LogP contribution in [0.15, 0.2) is 23.4 Å². The molecule has 2 aliphatic rings. The summed E-state index contributed by atoms with van der Waals surface area (Å²) in [7, 11) is 0. The van der Waals surface area contributed by atoms with Crippen molar-refractivity contribution in [3.8, 4) is 0 Å². The topological polar surface area (TPSA) is 20.3 Å². The van der Waals surface area contributed by atoms with Crippen molar-refractivity contribution in [3.63, 3.8) is 0 Å². The molecule has 1 heterocycles. The maximum Gasteiger partial charge on any atom is 0.416 e. The van der Waals surface area contributed by atoms with Gasteiger partial charge in [0, 0.05) is 5.70 Å². The van der Waals surface area contributed by atoms with Gasteiger partial charge in [0.15, 0.2) is 0 Å². The Labute approximate surface area is 106 Å². The molecule has 17 heavy (non-hydrogen) atoms. The first kappa shape index (κ1) is 12.6. The molecule has 0 saturated carbocycles. The highest BCUT2D eigenvalue weighted by Gasteiger charge is 2.36. The van der Waals surface area contributed by atoms with Crippen LogP contribution in [-0.4, -0.2) is 27.1 Å². The van der Waals surface area contributed by atoms with E-state index in [2.05, 4.69) is 0 Å². The Balaban J connectivity index is 2.28. The fourth-order valence-electron chi connectivity index (χ4n) is 1.69. The number of thiocarbonyl (C=S) groups is 1. The van der Waals surface area contributed by atoms with Crippen molar-refractivity contribution < 1.29 is 18.0 Å². The summed E-state index contributed by atoms with van der Waals surface area (Å²) in [4.78, 5) is 12.7. The fraction of sp³-hybridized carbons (Fsp3) is 0.400. The summed E-state index contributed by atoms with van der Waals surface area (Å²) < 4.78 is 38.0. The smallest absolute Gasteiger partial charge is 0.273 e. The molecule has 1 aliphatic heterocycles. The van der Waals surface area contributed by atoms with Gasteiger partial charge < -0.3 is 0 Å². The number of halogens is 3. The van der Waals surface area contributed by atoms with Crippen molar-refractivity contribution in [2.24, 2.45) is 0 Å². The van der Waals surface area contributed by atoms with E-state index in [1.807, 2.05) is 0 Å². The van der Waals surface area contributed by atoms with Crippen LogP contribution in [0.2, 0.25) is 0 Å². The van der Waals surface area contributed by atoms with Gasteiger partial charge in [0.25, 0.3) is 0 Å². The summed E-state index contributed by atoms with van der Waals surface area (Å²) >= 11 is 6.14. The van der Waals surface area contributed by atoms with Gasteiger partial charge in [-0.25, -0.2) is 0 Å². The lowest BCUT2D eigenvalue weighted by atomic mass is 10.0. The third-order valence-corrected chi connectivity index (χ3v) is 3.81. The first-order chi connectivity index (χ1) is 7.89. The van der Waals surface area contributed by atoms with Crippen molar-refractivity contribution in [3.05, 3.63) is 23.4 Å². The Morgan fingerprint density at radius 3 is 2.65 bits per heavy atom. The molecule has 0 N–H and O–H groups in total. The monoisotopic (exact) mass is 279 g/mol. The number of amides is 1. The van der Waals surface area contributed by atoms with Crippen LogP contribution in [0.4, 0.5) is 13.2 Å². The zero-order chi connectivity index (χ0) is 12.6. The molecule has 0 unspecified atom stereocenters. The molecule has 0 aromatic heterocycles. The van der Waals surface area contributed by atoms with E-state index in [0.29, 0.717) is 16.4 Å². The maximum atomic E-state index is 12.5. The SMILES string of the molecule is O=C1CSC(=S)N1C1=CC(C(F)(F)F)=CCC1. The summed E-state index contributed by atoms with van der Waals surface area (Å²) in [6.07, 6.45) is -1.53. The summed E-state index contributed by atoms with van der Waals surface area (Å²) in [6, 6.07) is 0. The number of hydrogen-bond acceptors (Lipinski definition) is 3. The zero-order valence-corrected chi connectivity index (χ0v) is 10.2. The van der Waals surface area contributed by atoms with E-state index < -0.39 is 11.7 Å². The van der Waals surface area contributed by atoms with Crippen LogP contribution < -0.4 is 0 Å². The van der Waals surface area contributed by atoms with E-state index in [4.69, 9.17) is 12.2 Å². The van der Waals surface area contributed by atoms with Crippen molar-refractivity contribution in [1.82, 2.24) is 4.90 Å². The van der Waals surface area contributed by atoms with Gasteiger partial charge in [-0.2, -0.15) is 13.2 Å². The van der Waals surface area contributed by atoms with Gasteiger partial charge in [-0.3, -0.25) is 9.69 Å². The summed E-state index contributed by atoms with van der Waals surface area (Å²) in [5, 5.41) is 0. The molecule has 1 amide bonds. The normalized spacial score (nSPS) is 21.7. The van der Waals surface area contributed by atoms with Crippen LogP contribution in [0.25, 0.3) is 0 Å². The molecule has 2 rings (SSSR count). The predicted molar refractivity (Wildman–Crippen MR) is 63.4 cm³/mol. The lowest BCUT2D eigenvalue weighted by Crippen LogP contribution is -2.29. The maximum absolute atomic E-state index is 12.5. The minimum atomic E-state index is -4.37. The van der Waals surface area contributed by atoms with E-state index in [9.17, 15) is 18.0 Å². The second-order valence-corrected chi connectivity index (χ2v) is 5.22. The Bertz CT molecular complexity index is 423. The number of hydrogen-bond donors (Lipinski definition) is 0. The predicted octanol–water partition coefficient (Wildman–Crippen LogP) is 3.01. The fourth-order valence-corrected chi connectivity index (χ4v) is 2.81. The molecule has 0 radical (unpaired) electrons. The van der Waals surface area contributed by atoms with Crippen LogP contribution in [0.3, 0.4) is 0 Å². The van der Waals surface area contributed by atoms with Gasteiger partial charge in [0.2, 0.25) is 5.91 Å². The number of thioether (sulfide) groups is 1. The van der Waals surface area contributed by atoms with Gasteiger partial charge in [0.05, 0.1) is 11.3 Å². The number of carbonyl (C=O) groups is 1.